The molecule has 0 unspecified atom stereocenters. The van der Waals surface area contributed by atoms with E-state index in [1.807, 2.05) is 4.90 Å². The summed E-state index contributed by atoms with van der Waals surface area (Å²) in [5.74, 6) is 0.490. The van der Waals surface area contributed by atoms with Crippen molar-refractivity contribution in [2.75, 3.05) is 36.8 Å². The molecule has 0 N–H and O–H groups in total. The molecule has 1 aliphatic heterocycles. The minimum absolute atomic E-state index is 0.163. The third kappa shape index (κ3) is 7.12. The summed E-state index contributed by atoms with van der Waals surface area (Å²) in [5.41, 5.74) is 2.59. The molecule has 2 rings (SSSR count). The second kappa shape index (κ2) is 10.8. The summed E-state index contributed by atoms with van der Waals surface area (Å²) in [6.07, 6.45) is 6.25. The van der Waals surface area contributed by atoms with Gasteiger partial charge in [-0.05, 0) is 50.8 Å². The third-order valence-corrected chi connectivity index (χ3v) is 7.93. The average Bonchev–Trinajstić information content (AvgIpc) is 2.67. The summed E-state index contributed by atoms with van der Waals surface area (Å²) in [5, 5.41) is -0.256. The number of rotatable bonds is 10. The number of nitrogens with zero attached hydrogens (tertiary/aromatic N) is 2. The van der Waals surface area contributed by atoms with Crippen LogP contribution in [0, 0.1) is 0 Å². The fourth-order valence-corrected chi connectivity index (χ4v) is 4.63. The number of benzene rings is 1. The van der Waals surface area contributed by atoms with E-state index in [1.165, 1.54) is 11.3 Å². The molecule has 0 aromatic heterocycles. The highest BCUT2D eigenvalue weighted by Crippen LogP contribution is 2.19. The second-order valence-corrected chi connectivity index (χ2v) is 10.8. The molecule has 1 aromatic rings. The van der Waals surface area contributed by atoms with Gasteiger partial charge < -0.3 is 9.80 Å². The lowest BCUT2D eigenvalue weighted by atomic mass is 10.0. The Bertz CT molecular complexity index is 706. The maximum atomic E-state index is 11.8. The van der Waals surface area contributed by atoms with Crippen molar-refractivity contribution in [3.63, 3.8) is 0 Å². The van der Waals surface area contributed by atoms with E-state index in [-0.39, 0.29) is 11.2 Å². The summed E-state index contributed by atoms with van der Waals surface area (Å²) in [4.78, 5) is 15.7. The predicted molar refractivity (Wildman–Crippen MR) is 117 cm³/mol. The van der Waals surface area contributed by atoms with Gasteiger partial charge in [0, 0.05) is 38.8 Å². The fraction of sp³-hybridized carbons (Fsp3) is 0.682. The Morgan fingerprint density at radius 3 is 2.07 bits per heavy atom. The molecule has 6 heteroatoms. The van der Waals surface area contributed by atoms with E-state index in [0.29, 0.717) is 5.75 Å². The minimum Gasteiger partial charge on any atom is -0.368 e. The van der Waals surface area contributed by atoms with Gasteiger partial charge in [-0.15, -0.1) is 0 Å². The van der Waals surface area contributed by atoms with Gasteiger partial charge in [-0.2, -0.15) is 0 Å². The highest BCUT2D eigenvalue weighted by Gasteiger charge is 2.18. The first-order valence-electron chi connectivity index (χ1n) is 10.6. The van der Waals surface area contributed by atoms with Crippen LogP contribution >= 0.6 is 0 Å². The van der Waals surface area contributed by atoms with Crippen molar-refractivity contribution in [3.8, 4) is 0 Å². The van der Waals surface area contributed by atoms with Crippen LogP contribution in [0.3, 0.4) is 0 Å². The number of sulfone groups is 1. The summed E-state index contributed by atoms with van der Waals surface area (Å²) in [7, 11) is -2.88. The van der Waals surface area contributed by atoms with Gasteiger partial charge in [-0.25, -0.2) is 8.42 Å². The van der Waals surface area contributed by atoms with Crippen LogP contribution in [0.1, 0.15) is 58.4 Å². The second-order valence-electron chi connectivity index (χ2n) is 8.09. The van der Waals surface area contributed by atoms with Crippen molar-refractivity contribution < 1.29 is 13.2 Å². The van der Waals surface area contributed by atoms with Gasteiger partial charge in [-0.1, -0.05) is 31.4 Å². The van der Waals surface area contributed by atoms with E-state index in [9.17, 15) is 13.2 Å². The van der Waals surface area contributed by atoms with Gasteiger partial charge in [0.05, 0.1) is 11.0 Å². The van der Waals surface area contributed by atoms with E-state index >= 15 is 0 Å². The molecule has 158 valence electrons. The first-order chi connectivity index (χ1) is 13.3. The Kier molecular flexibility index (Phi) is 8.80. The third-order valence-electron chi connectivity index (χ3n) is 5.64. The number of amides is 1. The van der Waals surface area contributed by atoms with Crippen LogP contribution in [0.2, 0.25) is 0 Å². The van der Waals surface area contributed by atoms with Crippen LogP contribution in [0.5, 0.6) is 0 Å². The van der Waals surface area contributed by atoms with Crippen LogP contribution in [0.15, 0.2) is 24.3 Å². The number of hydrogen-bond acceptors (Lipinski definition) is 4. The number of anilines is 1. The number of unbranched alkanes of at least 4 members (excludes halogenated alkanes) is 4. The number of carbonyl (C=O) groups is 1. The smallest absolute Gasteiger partial charge is 0.219 e. The molecule has 28 heavy (non-hydrogen) atoms. The molecular formula is C22H36N2O3S. The molecule has 0 radical (unpaired) electrons. The van der Waals surface area contributed by atoms with Gasteiger partial charge in [0.1, 0.15) is 0 Å². The van der Waals surface area contributed by atoms with Crippen molar-refractivity contribution in [2.24, 2.45) is 0 Å². The van der Waals surface area contributed by atoms with E-state index in [1.54, 1.807) is 20.8 Å². The van der Waals surface area contributed by atoms with Crippen molar-refractivity contribution in [3.05, 3.63) is 29.8 Å². The number of aryl methyl sites for hydroxylation is 1. The topological polar surface area (TPSA) is 57.7 Å². The van der Waals surface area contributed by atoms with Gasteiger partial charge in [0.2, 0.25) is 5.91 Å². The van der Waals surface area contributed by atoms with Crippen LogP contribution in [0.25, 0.3) is 0 Å². The zero-order valence-electron chi connectivity index (χ0n) is 17.7. The van der Waals surface area contributed by atoms with Crippen molar-refractivity contribution >= 4 is 21.4 Å². The largest absolute Gasteiger partial charge is 0.368 e. The van der Waals surface area contributed by atoms with Crippen molar-refractivity contribution in [2.45, 2.75) is 64.5 Å². The predicted octanol–water partition coefficient (Wildman–Crippen LogP) is 3.67. The monoisotopic (exact) mass is 408 g/mol. The highest BCUT2D eigenvalue weighted by atomic mass is 32.2. The van der Waals surface area contributed by atoms with E-state index in [2.05, 4.69) is 29.2 Å². The van der Waals surface area contributed by atoms with Crippen molar-refractivity contribution in [1.29, 1.82) is 0 Å². The average molecular weight is 409 g/mol. The lowest BCUT2D eigenvalue weighted by Crippen LogP contribution is -2.48. The molecule has 0 spiro atoms. The van der Waals surface area contributed by atoms with E-state index in [4.69, 9.17) is 0 Å². The number of piperazine rings is 1. The van der Waals surface area contributed by atoms with Crippen LogP contribution < -0.4 is 4.90 Å². The standard InChI is InChI=1S/C22H36N2O3S/c1-19(2)28(26,27)18-8-6-4-5-7-9-21-10-12-22(13-11-21)24-16-14-23(15-17-24)20(3)25/h10-13,19H,4-9,14-18H2,1-3H3. The Labute approximate surface area is 171 Å². The first-order valence-corrected chi connectivity index (χ1v) is 12.3. The molecule has 1 aliphatic rings. The van der Waals surface area contributed by atoms with Crippen LogP contribution in [0.4, 0.5) is 5.69 Å². The molecule has 1 aromatic carbocycles. The SMILES string of the molecule is CC(=O)N1CCN(c2ccc(CCCCCCCS(=O)(=O)C(C)C)cc2)CC1. The first kappa shape index (κ1) is 22.7. The molecule has 0 aliphatic carbocycles. The quantitative estimate of drug-likeness (QED) is 0.554. The Morgan fingerprint density at radius 1 is 0.929 bits per heavy atom. The Hall–Kier alpha value is -1.56. The fourth-order valence-electron chi connectivity index (χ4n) is 3.55. The molecule has 1 saturated heterocycles. The lowest BCUT2D eigenvalue weighted by Gasteiger charge is -2.35. The molecule has 1 amide bonds. The number of hydrogen-bond donors (Lipinski definition) is 0. The maximum Gasteiger partial charge on any atom is 0.219 e. The minimum atomic E-state index is -2.88. The van der Waals surface area contributed by atoms with Gasteiger partial charge in [0.25, 0.3) is 0 Å². The summed E-state index contributed by atoms with van der Waals surface area (Å²) < 4.78 is 23.5. The number of carbonyl (C=O) groups excluding carboxylic acids is 1. The molecule has 0 bridgehead atoms. The molecule has 1 heterocycles. The molecule has 0 atom stereocenters. The Morgan fingerprint density at radius 2 is 1.50 bits per heavy atom. The summed E-state index contributed by atoms with van der Waals surface area (Å²) >= 11 is 0. The van der Waals surface area contributed by atoms with Crippen molar-refractivity contribution in [1.82, 2.24) is 4.90 Å². The lowest BCUT2D eigenvalue weighted by molar-refractivity contribution is -0.129. The summed E-state index contributed by atoms with van der Waals surface area (Å²) in [6.45, 7) is 8.54. The van der Waals surface area contributed by atoms with E-state index in [0.717, 1.165) is 64.7 Å². The normalized spacial score (nSPS) is 15.3. The maximum absolute atomic E-state index is 11.8. The molecular weight excluding hydrogens is 372 g/mol. The highest BCUT2D eigenvalue weighted by molar-refractivity contribution is 7.91. The molecule has 0 saturated carbocycles. The molecule has 5 nitrogen and oxygen atoms in total. The molecule has 1 fully saturated rings. The summed E-state index contributed by atoms with van der Waals surface area (Å²) in [6, 6.07) is 8.80. The van der Waals surface area contributed by atoms with Crippen LogP contribution in [-0.2, 0) is 21.1 Å². The van der Waals surface area contributed by atoms with Gasteiger partial charge >= 0.3 is 0 Å². The van der Waals surface area contributed by atoms with Gasteiger partial charge in [-0.3, -0.25) is 4.79 Å². The van der Waals surface area contributed by atoms with Crippen LogP contribution in [-0.4, -0.2) is 56.4 Å². The van der Waals surface area contributed by atoms with E-state index < -0.39 is 9.84 Å². The zero-order chi connectivity index (χ0) is 20.6. The Balaban J connectivity index is 1.62. The zero-order valence-corrected chi connectivity index (χ0v) is 18.5. The van der Waals surface area contributed by atoms with Gasteiger partial charge in [0.15, 0.2) is 9.84 Å².